The van der Waals surface area contributed by atoms with Crippen LogP contribution in [0.25, 0.3) is 0 Å². The minimum Gasteiger partial charge on any atom is -0.334 e. The van der Waals surface area contributed by atoms with Crippen LogP contribution in [0.15, 0.2) is 24.3 Å². The number of anilines is 1. The summed E-state index contributed by atoms with van der Waals surface area (Å²) in [5.74, 6) is -1.44. The first-order valence-corrected chi connectivity index (χ1v) is 10.5. The lowest BCUT2D eigenvalue weighted by Gasteiger charge is -2.24. The average molecular weight is 421 g/mol. The first kappa shape index (κ1) is 22.0. The Balaban J connectivity index is 2.06. The van der Waals surface area contributed by atoms with Crippen molar-refractivity contribution in [2.24, 2.45) is 5.92 Å². The molecule has 1 aromatic rings. The molecule has 7 nitrogen and oxygen atoms in total. The minimum absolute atomic E-state index is 0.0275. The van der Waals surface area contributed by atoms with Crippen molar-refractivity contribution in [3.63, 3.8) is 0 Å². The van der Waals surface area contributed by atoms with Crippen molar-refractivity contribution in [2.75, 3.05) is 16.8 Å². The molecule has 2 rings (SSSR count). The molecule has 1 aromatic carbocycles. The molecule has 28 heavy (non-hydrogen) atoms. The molecule has 156 valence electrons. The summed E-state index contributed by atoms with van der Waals surface area (Å²) in [7, 11) is -3.19. The number of nitrogens with one attached hydrogen (secondary N) is 3. The van der Waals surface area contributed by atoms with E-state index in [1.54, 1.807) is 13.8 Å². The van der Waals surface area contributed by atoms with Gasteiger partial charge in [0.2, 0.25) is 5.91 Å². The Kier molecular flexibility index (Phi) is 6.58. The third kappa shape index (κ3) is 5.85. The van der Waals surface area contributed by atoms with E-state index in [9.17, 15) is 31.2 Å². The van der Waals surface area contributed by atoms with Crippen LogP contribution in [0, 0.1) is 5.92 Å². The fraction of sp³-hybridized carbons (Fsp3) is 0.529. The predicted octanol–water partition coefficient (Wildman–Crippen LogP) is 2.15. The molecule has 0 saturated carbocycles. The molecule has 2 atom stereocenters. The standard InChI is InChI=1S/C17H22F3N3O4S/c1-10(2)14(23-16(25)21-11-7-8-28(26,27)9-11)15(24)22-13-6-4-3-5-12(13)17(18,19)20/h3-6,10-11,14H,7-9H2,1-2H3,(H,22,24)(H2,21,23,25)/t11-,14-/m0/s1. The molecule has 3 N–H and O–H groups in total. The lowest BCUT2D eigenvalue weighted by Crippen LogP contribution is -2.52. The number of para-hydroxylation sites is 1. The van der Waals surface area contributed by atoms with E-state index in [-0.39, 0.29) is 17.9 Å². The Labute approximate surface area is 161 Å². The maximum absolute atomic E-state index is 13.1. The maximum atomic E-state index is 13.1. The van der Waals surface area contributed by atoms with E-state index in [4.69, 9.17) is 0 Å². The summed E-state index contributed by atoms with van der Waals surface area (Å²) in [5, 5.41) is 7.11. The van der Waals surface area contributed by atoms with Crippen molar-refractivity contribution in [2.45, 2.75) is 38.5 Å². The van der Waals surface area contributed by atoms with E-state index in [1.165, 1.54) is 12.1 Å². The molecule has 11 heteroatoms. The lowest BCUT2D eigenvalue weighted by molar-refractivity contribution is -0.137. The lowest BCUT2D eigenvalue weighted by atomic mass is 10.0. The molecule has 0 aromatic heterocycles. The number of benzene rings is 1. The van der Waals surface area contributed by atoms with Crippen LogP contribution >= 0.6 is 0 Å². The van der Waals surface area contributed by atoms with E-state index in [0.717, 1.165) is 12.1 Å². The molecule has 3 amide bonds. The Hall–Kier alpha value is -2.30. The highest BCUT2D eigenvalue weighted by Gasteiger charge is 2.35. The Morgan fingerprint density at radius 3 is 2.36 bits per heavy atom. The van der Waals surface area contributed by atoms with Gasteiger partial charge in [-0.1, -0.05) is 26.0 Å². The Bertz CT molecular complexity index is 840. The van der Waals surface area contributed by atoms with E-state index < -0.39 is 57.2 Å². The Morgan fingerprint density at radius 1 is 1.18 bits per heavy atom. The second kappa shape index (κ2) is 8.38. The van der Waals surface area contributed by atoms with Crippen molar-refractivity contribution in [1.29, 1.82) is 0 Å². The molecular formula is C17H22F3N3O4S. The van der Waals surface area contributed by atoms with Crippen LogP contribution in [0.3, 0.4) is 0 Å². The van der Waals surface area contributed by atoms with Crippen LogP contribution in [-0.4, -0.2) is 43.9 Å². The number of hydrogen-bond acceptors (Lipinski definition) is 4. The fourth-order valence-electron chi connectivity index (χ4n) is 2.86. The second-order valence-corrected chi connectivity index (χ2v) is 9.20. The van der Waals surface area contributed by atoms with Gasteiger partial charge in [0.15, 0.2) is 9.84 Å². The van der Waals surface area contributed by atoms with Gasteiger partial charge >= 0.3 is 12.2 Å². The molecular weight excluding hydrogens is 399 g/mol. The smallest absolute Gasteiger partial charge is 0.334 e. The normalized spacial score (nSPS) is 19.9. The van der Waals surface area contributed by atoms with Gasteiger partial charge in [-0.3, -0.25) is 4.79 Å². The summed E-state index contributed by atoms with van der Waals surface area (Å²) in [6.45, 7) is 3.25. The Morgan fingerprint density at radius 2 is 1.82 bits per heavy atom. The van der Waals surface area contributed by atoms with Gasteiger partial charge in [-0.05, 0) is 24.5 Å². The summed E-state index contributed by atoms with van der Waals surface area (Å²) in [6.07, 6.45) is -4.37. The number of alkyl halides is 3. The summed E-state index contributed by atoms with van der Waals surface area (Å²) >= 11 is 0. The van der Waals surface area contributed by atoms with Crippen LogP contribution in [-0.2, 0) is 20.8 Å². The van der Waals surface area contributed by atoms with Gasteiger partial charge in [-0.2, -0.15) is 13.2 Å². The van der Waals surface area contributed by atoms with Gasteiger partial charge in [0.1, 0.15) is 6.04 Å². The van der Waals surface area contributed by atoms with E-state index in [1.807, 2.05) is 0 Å². The molecule has 0 spiro atoms. The summed E-state index contributed by atoms with van der Waals surface area (Å²) in [4.78, 5) is 24.6. The first-order chi connectivity index (χ1) is 12.9. The number of carbonyl (C=O) groups excluding carboxylic acids is 2. The van der Waals surface area contributed by atoms with Gasteiger partial charge in [0, 0.05) is 6.04 Å². The number of urea groups is 1. The average Bonchev–Trinajstić information content (AvgIpc) is 2.90. The maximum Gasteiger partial charge on any atom is 0.418 e. The van der Waals surface area contributed by atoms with Crippen molar-refractivity contribution in [3.8, 4) is 0 Å². The topological polar surface area (TPSA) is 104 Å². The van der Waals surface area contributed by atoms with E-state index >= 15 is 0 Å². The molecule has 1 heterocycles. The SMILES string of the molecule is CC(C)[C@H](NC(=O)N[C@H]1CCS(=O)(=O)C1)C(=O)Nc1ccccc1C(F)(F)F. The summed E-state index contributed by atoms with van der Waals surface area (Å²) < 4.78 is 62.1. The number of halogens is 3. The quantitative estimate of drug-likeness (QED) is 0.678. The largest absolute Gasteiger partial charge is 0.418 e. The predicted molar refractivity (Wildman–Crippen MR) is 97.4 cm³/mol. The molecule has 0 bridgehead atoms. The fourth-order valence-corrected chi connectivity index (χ4v) is 4.54. The van der Waals surface area contributed by atoms with Crippen LogP contribution < -0.4 is 16.0 Å². The highest BCUT2D eigenvalue weighted by atomic mass is 32.2. The van der Waals surface area contributed by atoms with Gasteiger partial charge in [0.25, 0.3) is 0 Å². The second-order valence-electron chi connectivity index (χ2n) is 6.97. The van der Waals surface area contributed by atoms with Crippen LogP contribution in [0.4, 0.5) is 23.7 Å². The van der Waals surface area contributed by atoms with Gasteiger partial charge in [0.05, 0.1) is 22.8 Å². The number of amides is 3. The third-order valence-corrected chi connectivity index (χ3v) is 6.06. The monoisotopic (exact) mass is 421 g/mol. The zero-order valence-electron chi connectivity index (χ0n) is 15.3. The van der Waals surface area contributed by atoms with Crippen LogP contribution in [0.2, 0.25) is 0 Å². The minimum atomic E-state index is -4.64. The van der Waals surface area contributed by atoms with Crippen LogP contribution in [0.1, 0.15) is 25.8 Å². The summed E-state index contributed by atoms with van der Waals surface area (Å²) in [5.41, 5.74) is -1.40. The van der Waals surface area contributed by atoms with Crippen molar-refractivity contribution >= 4 is 27.5 Å². The van der Waals surface area contributed by atoms with Crippen molar-refractivity contribution in [1.82, 2.24) is 10.6 Å². The number of sulfone groups is 1. The van der Waals surface area contributed by atoms with Crippen LogP contribution in [0.5, 0.6) is 0 Å². The highest BCUT2D eigenvalue weighted by Crippen LogP contribution is 2.34. The molecule has 1 aliphatic heterocycles. The van der Waals surface area contributed by atoms with Crippen molar-refractivity contribution < 1.29 is 31.2 Å². The van der Waals surface area contributed by atoms with Gasteiger partial charge < -0.3 is 16.0 Å². The number of carbonyl (C=O) groups is 2. The third-order valence-electron chi connectivity index (χ3n) is 4.29. The highest BCUT2D eigenvalue weighted by molar-refractivity contribution is 7.91. The van der Waals surface area contributed by atoms with E-state index in [0.29, 0.717) is 0 Å². The summed E-state index contributed by atoms with van der Waals surface area (Å²) in [6, 6.07) is 2.11. The van der Waals surface area contributed by atoms with Gasteiger partial charge in [-0.25, -0.2) is 13.2 Å². The molecule has 0 aliphatic carbocycles. The van der Waals surface area contributed by atoms with E-state index in [2.05, 4.69) is 16.0 Å². The molecule has 1 aliphatic rings. The number of hydrogen-bond donors (Lipinski definition) is 3. The first-order valence-electron chi connectivity index (χ1n) is 8.63. The molecule has 1 fully saturated rings. The van der Waals surface area contributed by atoms with Crippen molar-refractivity contribution in [3.05, 3.63) is 29.8 Å². The molecule has 0 unspecified atom stereocenters. The molecule has 1 saturated heterocycles. The van der Waals surface area contributed by atoms with Gasteiger partial charge in [-0.15, -0.1) is 0 Å². The molecule has 0 radical (unpaired) electrons. The number of rotatable bonds is 5. The zero-order chi connectivity index (χ0) is 21.1. The zero-order valence-corrected chi connectivity index (χ0v) is 16.2.